The Hall–Kier alpha value is -4.16. The Kier molecular flexibility index (Phi) is 13.0. The van der Waals surface area contributed by atoms with Gasteiger partial charge in [-0.2, -0.15) is 0 Å². The highest BCUT2D eigenvalue weighted by atomic mass is 16.6. The van der Waals surface area contributed by atoms with Gasteiger partial charge in [0.1, 0.15) is 18.0 Å². The van der Waals surface area contributed by atoms with Gasteiger partial charge in [-0.1, -0.05) is 42.8 Å². The maximum atomic E-state index is 12.3. The number of nitrogen functional groups attached to an aromatic ring is 1. The van der Waals surface area contributed by atoms with Crippen molar-refractivity contribution in [2.24, 2.45) is 10.9 Å². The Balaban J connectivity index is 0.00000150. The van der Waals surface area contributed by atoms with E-state index in [4.69, 9.17) is 30.6 Å². The van der Waals surface area contributed by atoms with E-state index in [0.717, 1.165) is 18.9 Å². The van der Waals surface area contributed by atoms with Crippen LogP contribution in [0, 0.1) is 5.41 Å². The monoisotopic (exact) mass is 507 g/mol. The lowest BCUT2D eigenvalue weighted by Crippen LogP contribution is -2.49. The summed E-state index contributed by atoms with van der Waals surface area (Å²) >= 11 is 0. The van der Waals surface area contributed by atoms with Gasteiger partial charge in [-0.05, 0) is 12.0 Å². The normalized spacial score (nSPS) is 14.6. The molecule has 6 N–H and O–H groups in total. The number of rotatable bonds is 11. The number of benzene rings is 1. The highest BCUT2D eigenvalue weighted by Gasteiger charge is 2.27. The first-order valence-corrected chi connectivity index (χ1v) is 11.2. The molecule has 0 bridgehead atoms. The fraction of sp³-hybridized carbons (Fsp3) is 0.478. The number of methoxy groups -OCH3 is 1. The summed E-state index contributed by atoms with van der Waals surface area (Å²) in [5, 5.41) is 23.9. The molecule has 0 radical (unpaired) electrons. The van der Waals surface area contributed by atoms with Crippen molar-refractivity contribution >= 4 is 35.5 Å². The van der Waals surface area contributed by atoms with Crippen molar-refractivity contribution in [1.82, 2.24) is 10.6 Å². The molecule has 1 aromatic carbocycles. The van der Waals surface area contributed by atoms with Crippen LogP contribution in [0.4, 0.5) is 4.79 Å². The molecule has 0 saturated carbocycles. The molecule has 0 saturated heterocycles. The molecule has 1 aliphatic rings. The van der Waals surface area contributed by atoms with Crippen LogP contribution >= 0.6 is 0 Å². The van der Waals surface area contributed by atoms with Crippen LogP contribution in [0.25, 0.3) is 0 Å². The molecule has 36 heavy (non-hydrogen) atoms. The molecular formula is C23H33N5O8. The van der Waals surface area contributed by atoms with Crippen molar-refractivity contribution in [3.8, 4) is 0 Å². The van der Waals surface area contributed by atoms with Gasteiger partial charge in [0.2, 0.25) is 5.91 Å². The second-order valence-electron chi connectivity index (χ2n) is 7.70. The number of hydrogen-bond donors (Lipinski definition) is 5. The average molecular weight is 508 g/mol. The number of aliphatic carboxylic acids is 1. The van der Waals surface area contributed by atoms with Crippen LogP contribution in [0.1, 0.15) is 50.7 Å². The van der Waals surface area contributed by atoms with E-state index in [0.29, 0.717) is 24.1 Å². The summed E-state index contributed by atoms with van der Waals surface area (Å²) in [7, 11) is 1.19. The third kappa shape index (κ3) is 11.3. The second kappa shape index (κ2) is 15.7. The van der Waals surface area contributed by atoms with E-state index >= 15 is 0 Å². The van der Waals surface area contributed by atoms with Gasteiger partial charge >= 0.3 is 12.1 Å². The topological polar surface area (TPSA) is 202 Å². The number of unbranched alkanes of at least 4 members (excludes halogenated alkanes) is 1. The summed E-state index contributed by atoms with van der Waals surface area (Å²) in [5.74, 6) is -1.92. The number of alkyl carbamates (subject to hydrolysis) is 1. The molecule has 2 atom stereocenters. The van der Waals surface area contributed by atoms with Crippen LogP contribution < -0.4 is 16.4 Å². The number of ether oxygens (including phenoxy) is 2. The minimum atomic E-state index is -1.07. The van der Waals surface area contributed by atoms with Gasteiger partial charge in [0.15, 0.2) is 0 Å². The van der Waals surface area contributed by atoms with Gasteiger partial charge in [-0.15, -0.1) is 0 Å². The zero-order valence-electron chi connectivity index (χ0n) is 20.5. The maximum absolute atomic E-state index is 12.3. The van der Waals surface area contributed by atoms with E-state index < -0.39 is 30.2 Å². The maximum Gasteiger partial charge on any atom is 0.407 e. The molecule has 198 valence electrons. The third-order valence-electron chi connectivity index (χ3n) is 4.69. The summed E-state index contributed by atoms with van der Waals surface area (Å²) in [5.41, 5.74) is 7.55. The molecular weight excluding hydrogens is 474 g/mol. The molecule has 0 spiro atoms. The molecule has 1 unspecified atom stereocenters. The first-order chi connectivity index (χ1) is 17.1. The van der Waals surface area contributed by atoms with Crippen LogP contribution in [-0.2, 0) is 28.7 Å². The number of amides is 2. The van der Waals surface area contributed by atoms with E-state index in [-0.39, 0.29) is 31.3 Å². The smallest absolute Gasteiger partial charge is 0.407 e. The second-order valence-corrected chi connectivity index (χ2v) is 7.70. The Morgan fingerprint density at radius 2 is 1.92 bits per heavy atom. The van der Waals surface area contributed by atoms with Crippen molar-refractivity contribution < 1.29 is 38.6 Å². The number of amidine groups is 1. The van der Waals surface area contributed by atoms with Gasteiger partial charge in [0.05, 0.1) is 25.8 Å². The lowest BCUT2D eigenvalue weighted by molar-refractivity contribution is -0.143. The fourth-order valence-electron chi connectivity index (χ4n) is 2.87. The average Bonchev–Trinajstić information content (AvgIpc) is 3.29. The molecule has 1 aromatic rings. The fourth-order valence-corrected chi connectivity index (χ4v) is 2.87. The number of nitrogens with two attached hydrogens (primary N) is 1. The molecule has 1 aliphatic heterocycles. The lowest BCUT2D eigenvalue weighted by Gasteiger charge is -2.17. The lowest BCUT2D eigenvalue weighted by atomic mass is 10.0. The summed E-state index contributed by atoms with van der Waals surface area (Å²) in [6, 6.07) is 5.93. The molecule has 1 heterocycles. The van der Waals surface area contributed by atoms with E-state index in [1.54, 1.807) is 24.3 Å². The SMILES string of the molecule is CC(=O)O.CCCCOC(=O)NC(CNC(=O)C[C@H]1CC(c2ccc(C(=N)N)cc2)=NO1)C(=O)OC. The first kappa shape index (κ1) is 29.9. The predicted octanol–water partition coefficient (Wildman–Crippen LogP) is 1.13. The number of carboxylic acid groups (broad SMARTS) is 1. The first-order valence-electron chi connectivity index (χ1n) is 11.2. The van der Waals surface area contributed by atoms with Gasteiger partial charge in [-0.3, -0.25) is 15.0 Å². The molecule has 13 nitrogen and oxygen atoms in total. The van der Waals surface area contributed by atoms with Crippen molar-refractivity contribution in [2.75, 3.05) is 20.3 Å². The zero-order valence-corrected chi connectivity index (χ0v) is 20.5. The third-order valence-corrected chi connectivity index (χ3v) is 4.69. The number of oxime groups is 1. The molecule has 13 heteroatoms. The van der Waals surface area contributed by atoms with Crippen molar-refractivity contribution in [2.45, 2.75) is 51.7 Å². The van der Waals surface area contributed by atoms with Crippen LogP contribution in [0.3, 0.4) is 0 Å². The van der Waals surface area contributed by atoms with Crippen LogP contribution in [-0.4, -0.2) is 73.0 Å². The Bertz CT molecular complexity index is 944. The summed E-state index contributed by atoms with van der Waals surface area (Å²) in [6.07, 6.45) is 0.807. The van der Waals surface area contributed by atoms with Crippen molar-refractivity contribution in [1.29, 1.82) is 5.41 Å². The van der Waals surface area contributed by atoms with E-state index in [1.807, 2.05) is 6.92 Å². The molecule has 0 aliphatic carbocycles. The highest BCUT2D eigenvalue weighted by molar-refractivity contribution is 6.02. The number of esters is 1. The van der Waals surface area contributed by atoms with E-state index in [1.165, 1.54) is 7.11 Å². The Morgan fingerprint density at radius 3 is 2.47 bits per heavy atom. The number of carbonyl (C=O) groups is 4. The molecule has 0 aromatic heterocycles. The molecule has 2 rings (SSSR count). The number of nitrogens with zero attached hydrogens (tertiary/aromatic N) is 1. The summed E-state index contributed by atoms with van der Waals surface area (Å²) in [4.78, 5) is 50.3. The van der Waals surface area contributed by atoms with Crippen LogP contribution in [0.15, 0.2) is 29.4 Å². The Morgan fingerprint density at radius 1 is 1.28 bits per heavy atom. The molecule has 2 amide bonds. The van der Waals surface area contributed by atoms with Gasteiger partial charge in [0.25, 0.3) is 5.97 Å². The quantitative estimate of drug-likeness (QED) is 0.126. The highest BCUT2D eigenvalue weighted by Crippen LogP contribution is 2.19. The minimum Gasteiger partial charge on any atom is -0.481 e. The number of carbonyl (C=O) groups excluding carboxylic acids is 3. The molecule has 0 fully saturated rings. The van der Waals surface area contributed by atoms with Gasteiger partial charge in [-0.25, -0.2) is 9.59 Å². The number of carboxylic acids is 1. The summed E-state index contributed by atoms with van der Waals surface area (Å²) in [6.45, 7) is 3.13. The standard InChI is InChI=1S/C21H29N5O6.C2H4O2/c1-3-4-9-31-21(29)25-17(20(28)30-2)12-24-18(27)11-15-10-16(26-32-15)13-5-7-14(8-6-13)19(22)23;1-2(3)4/h5-8,15,17H,3-4,9-12H2,1-2H3,(H3,22,23)(H,24,27)(H,25,29);1H3,(H,3,4)/t15-,17?;/m1./s1. The van der Waals surface area contributed by atoms with E-state index in [2.05, 4.69) is 20.5 Å². The number of hydrogen-bond acceptors (Lipinski definition) is 9. The van der Waals surface area contributed by atoms with E-state index in [9.17, 15) is 14.4 Å². The largest absolute Gasteiger partial charge is 0.481 e. The number of nitrogens with one attached hydrogen (secondary N) is 3. The van der Waals surface area contributed by atoms with Crippen LogP contribution in [0.2, 0.25) is 0 Å². The van der Waals surface area contributed by atoms with Gasteiger partial charge < -0.3 is 35.8 Å². The van der Waals surface area contributed by atoms with Crippen LogP contribution in [0.5, 0.6) is 0 Å². The Labute approximate surface area is 208 Å². The van der Waals surface area contributed by atoms with Crippen molar-refractivity contribution in [3.05, 3.63) is 35.4 Å². The van der Waals surface area contributed by atoms with Crippen molar-refractivity contribution in [3.63, 3.8) is 0 Å². The zero-order chi connectivity index (χ0) is 27.1. The van der Waals surface area contributed by atoms with Gasteiger partial charge in [0, 0.05) is 25.5 Å². The predicted molar refractivity (Wildman–Crippen MR) is 130 cm³/mol. The summed E-state index contributed by atoms with van der Waals surface area (Å²) < 4.78 is 9.64. The minimum absolute atomic E-state index is 0.0212.